The maximum absolute atomic E-state index is 10.4. The third kappa shape index (κ3) is 25.1. The SMILES string of the molecule is CCCCC(CC)C(=O)O.CCCCC(CC)C(=O)O.CCCCC(CC)C(=O)O.[Mn]. The zero-order valence-electron chi connectivity index (χ0n) is 20.7. The molecule has 3 N–H and O–H groups in total. The van der Waals surface area contributed by atoms with E-state index in [-0.39, 0.29) is 34.8 Å². The molecule has 0 aromatic carbocycles. The minimum atomic E-state index is -0.643. The van der Waals surface area contributed by atoms with E-state index in [1.165, 1.54) is 0 Å². The Balaban J connectivity index is -0.000000174. The van der Waals surface area contributed by atoms with Crippen LogP contribution in [-0.2, 0) is 31.5 Å². The third-order valence-electron chi connectivity index (χ3n) is 5.24. The number of hydrogen-bond donors (Lipinski definition) is 3. The summed E-state index contributed by atoms with van der Waals surface area (Å²) in [4.78, 5) is 31.3. The van der Waals surface area contributed by atoms with Gasteiger partial charge in [-0.25, -0.2) is 0 Å². The maximum Gasteiger partial charge on any atom is 0.306 e. The van der Waals surface area contributed by atoms with Crippen molar-refractivity contribution in [3.05, 3.63) is 0 Å². The van der Waals surface area contributed by atoms with Crippen LogP contribution < -0.4 is 0 Å². The number of rotatable bonds is 15. The molecule has 0 heterocycles. The summed E-state index contributed by atoms with van der Waals surface area (Å²) in [6.07, 6.45) is 11.1. The van der Waals surface area contributed by atoms with Gasteiger partial charge in [0.1, 0.15) is 0 Å². The van der Waals surface area contributed by atoms with Gasteiger partial charge in [0.05, 0.1) is 17.8 Å². The van der Waals surface area contributed by atoms with Gasteiger partial charge in [0.2, 0.25) is 0 Å². The average Bonchev–Trinajstić information content (AvgIpc) is 2.70. The molecule has 1 radical (unpaired) electrons. The Morgan fingerprint density at radius 1 is 0.516 bits per heavy atom. The van der Waals surface area contributed by atoms with Crippen molar-refractivity contribution in [2.45, 2.75) is 119 Å². The number of carboxylic acid groups (broad SMARTS) is 3. The molecule has 3 atom stereocenters. The van der Waals surface area contributed by atoms with Crippen LogP contribution >= 0.6 is 0 Å². The molecule has 0 rings (SSSR count). The van der Waals surface area contributed by atoms with Crippen LogP contribution in [0.5, 0.6) is 0 Å². The van der Waals surface area contributed by atoms with Crippen molar-refractivity contribution < 1.29 is 46.8 Å². The summed E-state index contributed by atoms with van der Waals surface area (Å²) in [5, 5.41) is 25.8. The maximum atomic E-state index is 10.4. The molecule has 0 aromatic heterocycles. The first-order valence-electron chi connectivity index (χ1n) is 11.8. The predicted octanol–water partition coefficient (Wildman–Crippen LogP) is 6.86. The minimum absolute atomic E-state index is 0. The van der Waals surface area contributed by atoms with Crippen LogP contribution in [0.4, 0.5) is 0 Å². The Bertz CT molecular complexity index is 366. The smallest absolute Gasteiger partial charge is 0.306 e. The summed E-state index contributed by atoms with van der Waals surface area (Å²) in [5.41, 5.74) is 0. The Kier molecular flexibility index (Phi) is 32.4. The average molecular weight is 488 g/mol. The quantitative estimate of drug-likeness (QED) is 0.218. The van der Waals surface area contributed by atoms with Gasteiger partial charge in [0, 0.05) is 17.1 Å². The summed E-state index contributed by atoms with van der Waals surface area (Å²) in [7, 11) is 0. The van der Waals surface area contributed by atoms with Crippen molar-refractivity contribution >= 4 is 17.9 Å². The summed E-state index contributed by atoms with van der Waals surface area (Å²) in [5.74, 6) is -2.26. The molecule has 187 valence electrons. The first-order valence-corrected chi connectivity index (χ1v) is 11.8. The molecule has 0 saturated heterocycles. The molecule has 0 bridgehead atoms. The van der Waals surface area contributed by atoms with E-state index in [1.54, 1.807) is 0 Å². The van der Waals surface area contributed by atoms with Crippen LogP contribution in [0, 0.1) is 17.8 Å². The molecule has 0 aliphatic carbocycles. The first kappa shape index (κ1) is 37.3. The molecule has 0 aliphatic heterocycles. The standard InChI is InChI=1S/3C8H16O2.Mn/c3*1-3-5-6-7(4-2)8(9)10;/h3*7H,3-6H2,1-2H3,(H,9,10);. The monoisotopic (exact) mass is 487 g/mol. The first-order chi connectivity index (χ1) is 14.2. The molecular formula is C24H48MnO6. The van der Waals surface area contributed by atoms with E-state index in [9.17, 15) is 14.4 Å². The zero-order chi connectivity index (χ0) is 23.9. The molecule has 0 spiro atoms. The molecule has 0 aliphatic rings. The van der Waals surface area contributed by atoms with Gasteiger partial charge in [0.25, 0.3) is 0 Å². The van der Waals surface area contributed by atoms with Crippen molar-refractivity contribution in [2.24, 2.45) is 17.8 Å². The largest absolute Gasteiger partial charge is 0.481 e. The van der Waals surface area contributed by atoms with Gasteiger partial charge in [-0.15, -0.1) is 0 Å². The second kappa shape index (κ2) is 27.0. The molecule has 31 heavy (non-hydrogen) atoms. The van der Waals surface area contributed by atoms with Crippen LogP contribution in [0.2, 0.25) is 0 Å². The fraction of sp³-hybridized carbons (Fsp3) is 0.875. The van der Waals surface area contributed by atoms with Crippen molar-refractivity contribution in [2.75, 3.05) is 0 Å². The molecule has 6 nitrogen and oxygen atoms in total. The van der Waals surface area contributed by atoms with Crippen LogP contribution in [0.1, 0.15) is 119 Å². The van der Waals surface area contributed by atoms with Gasteiger partial charge in [-0.2, -0.15) is 0 Å². The molecule has 0 aromatic rings. The molecule has 0 fully saturated rings. The van der Waals surface area contributed by atoms with Crippen LogP contribution in [0.3, 0.4) is 0 Å². The zero-order valence-corrected chi connectivity index (χ0v) is 21.8. The fourth-order valence-corrected chi connectivity index (χ4v) is 2.86. The topological polar surface area (TPSA) is 112 Å². The molecular weight excluding hydrogens is 439 g/mol. The molecule has 0 amide bonds. The molecule has 3 unspecified atom stereocenters. The van der Waals surface area contributed by atoms with Crippen molar-refractivity contribution in [3.63, 3.8) is 0 Å². The second-order valence-electron chi connectivity index (χ2n) is 7.76. The third-order valence-corrected chi connectivity index (χ3v) is 5.24. The number of hydrogen-bond acceptors (Lipinski definition) is 3. The molecule has 7 heteroatoms. The summed E-state index contributed by atoms with van der Waals surface area (Å²) < 4.78 is 0. The van der Waals surface area contributed by atoms with Gasteiger partial charge in [-0.3, -0.25) is 14.4 Å². The Morgan fingerprint density at radius 2 is 0.710 bits per heavy atom. The van der Waals surface area contributed by atoms with Gasteiger partial charge < -0.3 is 15.3 Å². The van der Waals surface area contributed by atoms with Crippen LogP contribution in [0.25, 0.3) is 0 Å². The summed E-state index contributed by atoms with van der Waals surface area (Å²) >= 11 is 0. The van der Waals surface area contributed by atoms with E-state index in [1.807, 2.05) is 20.8 Å². The van der Waals surface area contributed by atoms with E-state index in [4.69, 9.17) is 15.3 Å². The Labute approximate surface area is 201 Å². The van der Waals surface area contributed by atoms with Crippen molar-refractivity contribution in [3.8, 4) is 0 Å². The Hall–Kier alpha value is -1.07. The Morgan fingerprint density at radius 3 is 0.806 bits per heavy atom. The van der Waals surface area contributed by atoms with E-state index in [2.05, 4.69) is 20.8 Å². The van der Waals surface area contributed by atoms with E-state index in [0.717, 1.165) is 77.0 Å². The molecule has 0 saturated carbocycles. The number of aliphatic carboxylic acids is 3. The van der Waals surface area contributed by atoms with Gasteiger partial charge >= 0.3 is 17.9 Å². The van der Waals surface area contributed by atoms with Crippen LogP contribution in [0.15, 0.2) is 0 Å². The normalized spacial score (nSPS) is 12.6. The summed E-state index contributed by atoms with van der Waals surface area (Å²) in [6, 6.07) is 0. The van der Waals surface area contributed by atoms with Crippen LogP contribution in [-0.4, -0.2) is 33.2 Å². The van der Waals surface area contributed by atoms with E-state index in [0.29, 0.717) is 0 Å². The van der Waals surface area contributed by atoms with Crippen molar-refractivity contribution in [1.82, 2.24) is 0 Å². The van der Waals surface area contributed by atoms with Gasteiger partial charge in [0.15, 0.2) is 0 Å². The second-order valence-corrected chi connectivity index (χ2v) is 7.76. The number of carboxylic acids is 3. The minimum Gasteiger partial charge on any atom is -0.481 e. The van der Waals surface area contributed by atoms with Crippen molar-refractivity contribution in [1.29, 1.82) is 0 Å². The summed E-state index contributed by atoms with van der Waals surface area (Å²) in [6.45, 7) is 12.0. The number of carbonyl (C=O) groups is 3. The predicted molar refractivity (Wildman–Crippen MR) is 123 cm³/mol. The van der Waals surface area contributed by atoms with Gasteiger partial charge in [-0.05, 0) is 38.5 Å². The van der Waals surface area contributed by atoms with Gasteiger partial charge in [-0.1, -0.05) is 80.1 Å². The number of unbranched alkanes of at least 4 members (excludes halogenated alkanes) is 3. The fourth-order valence-electron chi connectivity index (χ4n) is 2.86. The van der Waals surface area contributed by atoms with E-state index >= 15 is 0 Å². The van der Waals surface area contributed by atoms with E-state index < -0.39 is 17.9 Å².